The van der Waals surface area contributed by atoms with Crippen molar-refractivity contribution in [3.05, 3.63) is 63.4 Å². The summed E-state index contributed by atoms with van der Waals surface area (Å²) in [6.07, 6.45) is 0. The fourth-order valence-corrected chi connectivity index (χ4v) is 2.19. The first-order valence-electron chi connectivity index (χ1n) is 6.09. The molecule has 0 spiro atoms. The van der Waals surface area contributed by atoms with Gasteiger partial charge in [-0.2, -0.15) is 0 Å². The molecule has 106 valence electrons. The highest BCUT2D eigenvalue weighted by Gasteiger charge is 2.10. The van der Waals surface area contributed by atoms with Gasteiger partial charge in [0.1, 0.15) is 18.2 Å². The van der Waals surface area contributed by atoms with Crippen LogP contribution < -0.4 is 10.5 Å². The van der Waals surface area contributed by atoms with Crippen LogP contribution in [0.25, 0.3) is 0 Å². The van der Waals surface area contributed by atoms with E-state index in [1.165, 1.54) is 12.1 Å². The zero-order valence-electron chi connectivity index (χ0n) is 10.9. The topological polar surface area (TPSA) is 35.2 Å². The molecule has 0 aliphatic rings. The van der Waals surface area contributed by atoms with Crippen LogP contribution in [-0.2, 0) is 6.61 Å². The Hall–Kier alpha value is -1.29. The quantitative estimate of drug-likeness (QED) is 0.885. The Morgan fingerprint density at radius 2 is 1.80 bits per heavy atom. The summed E-state index contributed by atoms with van der Waals surface area (Å²) < 4.78 is 19.2. The molecule has 0 amide bonds. The van der Waals surface area contributed by atoms with Gasteiger partial charge in [0.05, 0.1) is 0 Å². The SMILES string of the molecule is CC(N)c1cc(Cl)ccc1OCc1cc(Cl)ccc1F. The molecule has 0 bridgehead atoms. The molecule has 0 saturated carbocycles. The van der Waals surface area contributed by atoms with E-state index < -0.39 is 0 Å². The van der Waals surface area contributed by atoms with Gasteiger partial charge in [-0.25, -0.2) is 4.39 Å². The van der Waals surface area contributed by atoms with E-state index in [4.69, 9.17) is 33.7 Å². The van der Waals surface area contributed by atoms with E-state index in [9.17, 15) is 4.39 Å². The Morgan fingerprint density at radius 1 is 1.15 bits per heavy atom. The number of hydrogen-bond acceptors (Lipinski definition) is 2. The average molecular weight is 314 g/mol. The lowest BCUT2D eigenvalue weighted by molar-refractivity contribution is 0.295. The van der Waals surface area contributed by atoms with Crippen molar-refractivity contribution >= 4 is 23.2 Å². The standard InChI is InChI=1S/C15H14Cl2FNO/c1-9(19)13-7-12(17)3-5-15(13)20-8-10-6-11(16)2-4-14(10)18/h2-7,9H,8,19H2,1H3. The van der Waals surface area contributed by atoms with Crippen LogP contribution in [0.1, 0.15) is 24.1 Å². The molecule has 1 unspecified atom stereocenters. The Kier molecular flexibility index (Phi) is 4.86. The number of ether oxygens (including phenoxy) is 1. The maximum Gasteiger partial charge on any atom is 0.129 e. The molecule has 2 aromatic rings. The van der Waals surface area contributed by atoms with Crippen molar-refractivity contribution in [2.24, 2.45) is 5.73 Å². The second-order valence-corrected chi connectivity index (χ2v) is 5.37. The minimum Gasteiger partial charge on any atom is -0.488 e. The van der Waals surface area contributed by atoms with Gasteiger partial charge in [-0.05, 0) is 43.3 Å². The normalized spacial score (nSPS) is 12.2. The van der Waals surface area contributed by atoms with Crippen molar-refractivity contribution < 1.29 is 9.13 Å². The third-order valence-corrected chi connectivity index (χ3v) is 3.32. The third kappa shape index (κ3) is 3.63. The zero-order chi connectivity index (χ0) is 14.7. The van der Waals surface area contributed by atoms with E-state index in [0.717, 1.165) is 5.56 Å². The van der Waals surface area contributed by atoms with Crippen LogP contribution in [0.2, 0.25) is 10.0 Å². The molecule has 1 atom stereocenters. The molecule has 2 rings (SSSR count). The van der Waals surface area contributed by atoms with Gasteiger partial charge in [-0.15, -0.1) is 0 Å². The molecule has 0 aliphatic heterocycles. The Morgan fingerprint density at radius 3 is 2.50 bits per heavy atom. The monoisotopic (exact) mass is 313 g/mol. The number of rotatable bonds is 4. The first-order chi connectivity index (χ1) is 9.47. The summed E-state index contributed by atoms with van der Waals surface area (Å²) in [5.74, 6) is 0.231. The van der Waals surface area contributed by atoms with E-state index >= 15 is 0 Å². The van der Waals surface area contributed by atoms with Gasteiger partial charge >= 0.3 is 0 Å². The van der Waals surface area contributed by atoms with Crippen LogP contribution >= 0.6 is 23.2 Å². The molecular formula is C15H14Cl2FNO. The van der Waals surface area contributed by atoms with Crippen molar-refractivity contribution in [3.63, 3.8) is 0 Å². The molecule has 0 saturated heterocycles. The molecule has 5 heteroatoms. The van der Waals surface area contributed by atoms with Crippen LogP contribution in [0.15, 0.2) is 36.4 Å². The summed E-state index contributed by atoms with van der Waals surface area (Å²) in [7, 11) is 0. The predicted molar refractivity (Wildman–Crippen MR) is 79.8 cm³/mol. The Bertz CT molecular complexity index is 617. The lowest BCUT2D eigenvalue weighted by Gasteiger charge is -2.15. The van der Waals surface area contributed by atoms with E-state index in [-0.39, 0.29) is 18.5 Å². The van der Waals surface area contributed by atoms with E-state index in [2.05, 4.69) is 0 Å². The van der Waals surface area contributed by atoms with Gasteiger partial charge < -0.3 is 10.5 Å². The highest BCUT2D eigenvalue weighted by Crippen LogP contribution is 2.28. The predicted octanol–water partition coefficient (Wildman–Crippen LogP) is 4.73. The van der Waals surface area contributed by atoms with Crippen LogP contribution in [0.4, 0.5) is 4.39 Å². The fourth-order valence-electron chi connectivity index (χ4n) is 1.82. The summed E-state index contributed by atoms with van der Waals surface area (Å²) in [5, 5.41) is 1.05. The third-order valence-electron chi connectivity index (χ3n) is 2.85. The lowest BCUT2D eigenvalue weighted by atomic mass is 10.1. The molecule has 0 aliphatic carbocycles. The minimum atomic E-state index is -0.356. The maximum atomic E-state index is 13.6. The average Bonchev–Trinajstić information content (AvgIpc) is 2.40. The van der Waals surface area contributed by atoms with E-state index in [1.54, 1.807) is 24.3 Å². The van der Waals surface area contributed by atoms with Crippen molar-refractivity contribution in [2.45, 2.75) is 19.6 Å². The number of hydrogen-bond donors (Lipinski definition) is 1. The molecule has 2 aromatic carbocycles. The first-order valence-corrected chi connectivity index (χ1v) is 6.84. The van der Waals surface area contributed by atoms with Crippen molar-refractivity contribution in [1.29, 1.82) is 0 Å². The smallest absolute Gasteiger partial charge is 0.129 e. The summed E-state index contributed by atoms with van der Waals surface area (Å²) in [5.41, 5.74) is 7.04. The fraction of sp³-hybridized carbons (Fsp3) is 0.200. The molecule has 0 heterocycles. The lowest BCUT2D eigenvalue weighted by Crippen LogP contribution is -2.08. The zero-order valence-corrected chi connectivity index (χ0v) is 12.4. The largest absolute Gasteiger partial charge is 0.488 e. The number of nitrogens with two attached hydrogens (primary N) is 1. The molecule has 2 N–H and O–H groups in total. The molecular weight excluding hydrogens is 300 g/mol. The van der Waals surface area contributed by atoms with Crippen LogP contribution in [-0.4, -0.2) is 0 Å². The Balaban J connectivity index is 2.20. The van der Waals surface area contributed by atoms with Gasteiger partial charge in [0, 0.05) is 27.2 Å². The van der Waals surface area contributed by atoms with Crippen LogP contribution in [0, 0.1) is 5.82 Å². The van der Waals surface area contributed by atoms with Gasteiger partial charge in [0.15, 0.2) is 0 Å². The van der Waals surface area contributed by atoms with Crippen molar-refractivity contribution in [1.82, 2.24) is 0 Å². The number of halogens is 3. The van der Waals surface area contributed by atoms with Gasteiger partial charge in [-0.3, -0.25) is 0 Å². The molecule has 0 aromatic heterocycles. The maximum absolute atomic E-state index is 13.6. The summed E-state index contributed by atoms with van der Waals surface area (Å²) in [6.45, 7) is 1.91. The first kappa shape index (κ1) is 15.1. The molecule has 2 nitrogen and oxygen atoms in total. The van der Waals surface area contributed by atoms with E-state index in [0.29, 0.717) is 21.4 Å². The Labute approximate surface area is 127 Å². The molecule has 20 heavy (non-hydrogen) atoms. The molecule has 0 radical (unpaired) electrons. The highest BCUT2D eigenvalue weighted by molar-refractivity contribution is 6.30. The van der Waals surface area contributed by atoms with Gasteiger partial charge in [-0.1, -0.05) is 23.2 Å². The van der Waals surface area contributed by atoms with E-state index in [1.807, 2.05) is 6.92 Å². The van der Waals surface area contributed by atoms with Crippen LogP contribution in [0.5, 0.6) is 5.75 Å². The number of benzene rings is 2. The minimum absolute atomic E-state index is 0.0771. The van der Waals surface area contributed by atoms with Crippen molar-refractivity contribution in [2.75, 3.05) is 0 Å². The highest BCUT2D eigenvalue weighted by atomic mass is 35.5. The summed E-state index contributed by atoms with van der Waals surface area (Å²) >= 11 is 11.8. The second kappa shape index (κ2) is 6.44. The van der Waals surface area contributed by atoms with Crippen molar-refractivity contribution in [3.8, 4) is 5.75 Å². The molecule has 0 fully saturated rings. The van der Waals surface area contributed by atoms with Crippen LogP contribution in [0.3, 0.4) is 0 Å². The second-order valence-electron chi connectivity index (χ2n) is 4.50. The van der Waals surface area contributed by atoms with Gasteiger partial charge in [0.2, 0.25) is 0 Å². The summed E-state index contributed by atoms with van der Waals surface area (Å²) in [4.78, 5) is 0. The summed E-state index contributed by atoms with van der Waals surface area (Å²) in [6, 6.07) is 9.30. The van der Waals surface area contributed by atoms with Gasteiger partial charge in [0.25, 0.3) is 0 Å².